The summed E-state index contributed by atoms with van der Waals surface area (Å²) >= 11 is 1.41. The molecule has 3 aromatic rings. The van der Waals surface area contributed by atoms with Crippen LogP contribution in [0.5, 0.6) is 11.5 Å². The minimum absolute atomic E-state index is 0.176. The van der Waals surface area contributed by atoms with Gasteiger partial charge in [-0.2, -0.15) is 0 Å². The second-order valence-electron chi connectivity index (χ2n) is 6.35. The number of aromatic nitrogens is 3. The molecule has 0 spiro atoms. The van der Waals surface area contributed by atoms with Crippen molar-refractivity contribution in [3.05, 3.63) is 48.5 Å². The maximum Gasteiger partial charge on any atom is 0.196 e. The van der Waals surface area contributed by atoms with Gasteiger partial charge in [0.05, 0.1) is 30.2 Å². The summed E-state index contributed by atoms with van der Waals surface area (Å²) in [5, 5.41) is 9.28. The number of rotatable bonds is 9. The van der Waals surface area contributed by atoms with Crippen molar-refractivity contribution in [1.29, 1.82) is 0 Å². The second kappa shape index (κ2) is 9.60. The third-order valence-corrected chi connectivity index (χ3v) is 5.56. The Morgan fingerprint density at radius 1 is 1.10 bits per heavy atom. The SMILES string of the molecule is CCOc1ccc(-n2c(SC(C)C(=O)CC)nnc2-c2ccccc2OC)cc1. The number of methoxy groups -OCH3 is 1. The molecular formula is C22H25N3O3S. The van der Waals surface area contributed by atoms with Crippen molar-refractivity contribution in [2.75, 3.05) is 13.7 Å². The Hall–Kier alpha value is -2.80. The molecule has 1 unspecified atom stereocenters. The van der Waals surface area contributed by atoms with Crippen LogP contribution < -0.4 is 9.47 Å². The Morgan fingerprint density at radius 3 is 2.48 bits per heavy atom. The lowest BCUT2D eigenvalue weighted by molar-refractivity contribution is -0.118. The first-order valence-electron chi connectivity index (χ1n) is 9.60. The molecule has 0 saturated heterocycles. The molecule has 1 atom stereocenters. The number of para-hydroxylation sites is 1. The largest absolute Gasteiger partial charge is 0.496 e. The number of carbonyl (C=O) groups is 1. The molecule has 29 heavy (non-hydrogen) atoms. The van der Waals surface area contributed by atoms with Crippen LogP contribution in [0.4, 0.5) is 0 Å². The van der Waals surface area contributed by atoms with E-state index in [9.17, 15) is 4.79 Å². The highest BCUT2D eigenvalue weighted by atomic mass is 32.2. The van der Waals surface area contributed by atoms with E-state index < -0.39 is 0 Å². The third-order valence-electron chi connectivity index (χ3n) is 4.47. The lowest BCUT2D eigenvalue weighted by atomic mass is 10.2. The maximum atomic E-state index is 12.1. The van der Waals surface area contributed by atoms with Gasteiger partial charge in [-0.1, -0.05) is 30.8 Å². The van der Waals surface area contributed by atoms with E-state index in [0.29, 0.717) is 29.8 Å². The van der Waals surface area contributed by atoms with Crippen LogP contribution in [0.2, 0.25) is 0 Å². The van der Waals surface area contributed by atoms with Crippen molar-refractivity contribution in [3.8, 4) is 28.6 Å². The summed E-state index contributed by atoms with van der Waals surface area (Å²) in [7, 11) is 1.63. The molecule has 1 aromatic heterocycles. The molecular weight excluding hydrogens is 386 g/mol. The van der Waals surface area contributed by atoms with Crippen LogP contribution in [0, 0.1) is 0 Å². The molecule has 152 valence electrons. The molecule has 3 rings (SSSR count). The van der Waals surface area contributed by atoms with E-state index in [0.717, 1.165) is 17.0 Å². The molecule has 0 aliphatic heterocycles. The second-order valence-corrected chi connectivity index (χ2v) is 7.66. The molecule has 2 aromatic carbocycles. The first-order valence-corrected chi connectivity index (χ1v) is 10.5. The molecule has 6 nitrogen and oxygen atoms in total. The smallest absolute Gasteiger partial charge is 0.196 e. The zero-order valence-electron chi connectivity index (χ0n) is 17.1. The molecule has 0 aliphatic carbocycles. The van der Waals surface area contributed by atoms with Gasteiger partial charge >= 0.3 is 0 Å². The number of hydrogen-bond acceptors (Lipinski definition) is 6. The Labute approximate surface area is 175 Å². The predicted molar refractivity (Wildman–Crippen MR) is 115 cm³/mol. The molecule has 7 heteroatoms. The molecule has 0 bridgehead atoms. The molecule has 0 fully saturated rings. The highest BCUT2D eigenvalue weighted by Crippen LogP contribution is 2.34. The normalized spacial score (nSPS) is 11.9. The van der Waals surface area contributed by atoms with Gasteiger partial charge in [0.25, 0.3) is 0 Å². The molecule has 0 amide bonds. The predicted octanol–water partition coefficient (Wildman–Crippen LogP) is 4.80. The zero-order chi connectivity index (χ0) is 20.8. The van der Waals surface area contributed by atoms with Crippen molar-refractivity contribution in [3.63, 3.8) is 0 Å². The monoisotopic (exact) mass is 411 g/mol. The van der Waals surface area contributed by atoms with Gasteiger partial charge in [-0.3, -0.25) is 9.36 Å². The third kappa shape index (κ3) is 4.62. The summed E-state index contributed by atoms with van der Waals surface area (Å²) in [6, 6.07) is 15.4. The number of Topliss-reactive ketones (excluding diaryl/α,β-unsaturated/α-hetero) is 1. The van der Waals surface area contributed by atoms with Crippen molar-refractivity contribution in [2.24, 2.45) is 0 Å². The van der Waals surface area contributed by atoms with E-state index >= 15 is 0 Å². The van der Waals surface area contributed by atoms with Crippen LogP contribution in [0.15, 0.2) is 53.7 Å². The van der Waals surface area contributed by atoms with Crippen LogP contribution >= 0.6 is 11.8 Å². The van der Waals surface area contributed by atoms with Gasteiger partial charge in [-0.15, -0.1) is 10.2 Å². The van der Waals surface area contributed by atoms with Gasteiger partial charge in [0.15, 0.2) is 11.0 Å². The Kier molecular flexibility index (Phi) is 6.93. The van der Waals surface area contributed by atoms with E-state index in [4.69, 9.17) is 9.47 Å². The number of hydrogen-bond donors (Lipinski definition) is 0. The summed E-state index contributed by atoms with van der Waals surface area (Å²) in [5.74, 6) is 2.34. The van der Waals surface area contributed by atoms with Crippen LogP contribution in [0.1, 0.15) is 27.2 Å². The minimum Gasteiger partial charge on any atom is -0.496 e. The van der Waals surface area contributed by atoms with Crippen LogP contribution in [-0.2, 0) is 4.79 Å². The Morgan fingerprint density at radius 2 is 1.83 bits per heavy atom. The summed E-state index contributed by atoms with van der Waals surface area (Å²) in [5.41, 5.74) is 1.72. The lowest BCUT2D eigenvalue weighted by Crippen LogP contribution is -2.13. The van der Waals surface area contributed by atoms with Gasteiger partial charge in [-0.05, 0) is 50.2 Å². The highest BCUT2D eigenvalue weighted by Gasteiger charge is 2.22. The summed E-state index contributed by atoms with van der Waals surface area (Å²) < 4.78 is 13.0. The van der Waals surface area contributed by atoms with Crippen molar-refractivity contribution in [1.82, 2.24) is 14.8 Å². The summed E-state index contributed by atoms with van der Waals surface area (Å²) in [6.07, 6.45) is 0.491. The Bertz CT molecular complexity index is 970. The van der Waals surface area contributed by atoms with Gasteiger partial charge in [-0.25, -0.2) is 0 Å². The van der Waals surface area contributed by atoms with E-state index in [2.05, 4.69) is 10.2 Å². The standard InChI is InChI=1S/C22H25N3O3S/c1-5-19(26)15(3)29-22-24-23-21(18-9-7-8-10-20(18)27-4)25(22)16-11-13-17(14-12-16)28-6-2/h7-15H,5-6H2,1-4H3. The highest BCUT2D eigenvalue weighted by molar-refractivity contribution is 8.00. The first-order chi connectivity index (χ1) is 14.1. The summed E-state index contributed by atoms with van der Waals surface area (Å²) in [4.78, 5) is 12.1. The fourth-order valence-electron chi connectivity index (χ4n) is 2.95. The lowest BCUT2D eigenvalue weighted by Gasteiger charge is -2.14. The van der Waals surface area contributed by atoms with Gasteiger partial charge in [0, 0.05) is 6.42 Å². The fourth-order valence-corrected chi connectivity index (χ4v) is 3.95. The van der Waals surface area contributed by atoms with Gasteiger partial charge in [0.1, 0.15) is 17.3 Å². The minimum atomic E-state index is -0.212. The van der Waals surface area contributed by atoms with E-state index in [-0.39, 0.29) is 11.0 Å². The molecule has 0 saturated carbocycles. The molecule has 0 aliphatic rings. The number of carbonyl (C=O) groups excluding carboxylic acids is 1. The average Bonchev–Trinajstić information content (AvgIpc) is 3.17. The van der Waals surface area contributed by atoms with Crippen LogP contribution in [0.3, 0.4) is 0 Å². The quantitative estimate of drug-likeness (QED) is 0.471. The first kappa shape index (κ1) is 20.9. The number of ketones is 1. The maximum absolute atomic E-state index is 12.1. The molecule has 1 heterocycles. The van der Waals surface area contributed by atoms with Crippen molar-refractivity contribution >= 4 is 17.5 Å². The van der Waals surface area contributed by atoms with Gasteiger partial charge in [0.2, 0.25) is 0 Å². The number of ether oxygens (including phenoxy) is 2. The van der Waals surface area contributed by atoms with Crippen LogP contribution in [-0.4, -0.2) is 39.5 Å². The van der Waals surface area contributed by atoms with Crippen LogP contribution in [0.25, 0.3) is 17.1 Å². The molecule has 0 radical (unpaired) electrons. The zero-order valence-corrected chi connectivity index (χ0v) is 17.9. The number of benzene rings is 2. The Balaban J connectivity index is 2.10. The number of thioether (sulfide) groups is 1. The topological polar surface area (TPSA) is 66.2 Å². The van der Waals surface area contributed by atoms with E-state index in [1.54, 1.807) is 7.11 Å². The van der Waals surface area contributed by atoms with Gasteiger partial charge < -0.3 is 9.47 Å². The van der Waals surface area contributed by atoms with E-state index in [1.807, 2.05) is 73.9 Å². The average molecular weight is 412 g/mol. The summed E-state index contributed by atoms with van der Waals surface area (Å²) in [6.45, 7) is 6.33. The van der Waals surface area contributed by atoms with Crippen molar-refractivity contribution in [2.45, 2.75) is 37.6 Å². The fraction of sp³-hybridized carbons (Fsp3) is 0.318. The van der Waals surface area contributed by atoms with Crippen molar-refractivity contribution < 1.29 is 14.3 Å². The number of nitrogens with zero attached hydrogens (tertiary/aromatic N) is 3. The molecule has 0 N–H and O–H groups in total. The van der Waals surface area contributed by atoms with E-state index in [1.165, 1.54) is 11.8 Å².